The predicted molar refractivity (Wildman–Crippen MR) is 67.2 cm³/mol. The monoisotopic (exact) mass is 209 g/mol. The molecule has 0 saturated heterocycles. The molecule has 0 aromatic heterocycles. The summed E-state index contributed by atoms with van der Waals surface area (Å²) in [5.41, 5.74) is 2.59. The van der Waals surface area contributed by atoms with Gasteiger partial charge in [0.15, 0.2) is 12.3 Å². The van der Waals surface area contributed by atoms with E-state index in [1.807, 2.05) is 19.9 Å². The number of allylic oxidation sites excluding steroid dienone is 4. The Bertz CT molecular complexity index is 268. The zero-order valence-electron chi connectivity index (χ0n) is 10.6. The molecule has 0 rings (SSSR count). The Labute approximate surface area is 93.6 Å². The van der Waals surface area contributed by atoms with Crippen LogP contribution in [0.15, 0.2) is 23.3 Å². The fourth-order valence-corrected chi connectivity index (χ4v) is 1.04. The standard InChI is InChI=1S/C13H23NO/c1-11(2)7-6-8-13(5)9-10-14(15)12(3)4/h7,9-10,12H,6,8H2,1-5H3/b13-9+,14-10-. The highest BCUT2D eigenvalue weighted by atomic mass is 16.5. The van der Waals surface area contributed by atoms with Gasteiger partial charge in [0.1, 0.15) is 0 Å². The summed E-state index contributed by atoms with van der Waals surface area (Å²) in [5.74, 6) is 0. The van der Waals surface area contributed by atoms with Crippen LogP contribution >= 0.6 is 0 Å². The second-order valence-electron chi connectivity index (χ2n) is 4.44. The molecule has 0 bridgehead atoms. The third kappa shape index (κ3) is 7.98. The van der Waals surface area contributed by atoms with Gasteiger partial charge in [-0.2, -0.15) is 0 Å². The van der Waals surface area contributed by atoms with Gasteiger partial charge in [0, 0.05) is 6.08 Å². The Morgan fingerprint density at radius 3 is 2.33 bits per heavy atom. The van der Waals surface area contributed by atoms with E-state index in [4.69, 9.17) is 0 Å². The smallest absolute Gasteiger partial charge is 0.174 e. The molecule has 0 fully saturated rings. The molecular formula is C13H23NO. The van der Waals surface area contributed by atoms with Crippen LogP contribution < -0.4 is 0 Å². The summed E-state index contributed by atoms with van der Waals surface area (Å²) in [6, 6.07) is 0.0202. The van der Waals surface area contributed by atoms with E-state index in [1.165, 1.54) is 11.1 Å². The lowest BCUT2D eigenvalue weighted by molar-refractivity contribution is -0.486. The second kappa shape index (κ2) is 7.27. The third-order valence-corrected chi connectivity index (χ3v) is 2.11. The van der Waals surface area contributed by atoms with Gasteiger partial charge < -0.3 is 5.21 Å². The van der Waals surface area contributed by atoms with E-state index >= 15 is 0 Å². The maximum atomic E-state index is 11.2. The van der Waals surface area contributed by atoms with E-state index in [1.54, 1.807) is 6.21 Å². The van der Waals surface area contributed by atoms with Gasteiger partial charge in [0.25, 0.3) is 0 Å². The van der Waals surface area contributed by atoms with E-state index in [2.05, 4.69) is 26.8 Å². The summed E-state index contributed by atoms with van der Waals surface area (Å²) < 4.78 is 0.977. The van der Waals surface area contributed by atoms with Crippen LogP contribution in [-0.4, -0.2) is 17.0 Å². The molecule has 0 saturated carbocycles. The van der Waals surface area contributed by atoms with Crippen molar-refractivity contribution >= 4 is 6.21 Å². The molecule has 0 aliphatic heterocycles. The minimum Gasteiger partial charge on any atom is -0.624 e. The number of hydroxylamine groups is 1. The topological polar surface area (TPSA) is 26.1 Å². The van der Waals surface area contributed by atoms with E-state index < -0.39 is 0 Å². The van der Waals surface area contributed by atoms with Crippen LogP contribution in [0, 0.1) is 5.21 Å². The molecule has 0 aromatic carbocycles. The first kappa shape index (κ1) is 13.9. The van der Waals surface area contributed by atoms with Crippen LogP contribution in [0.1, 0.15) is 47.5 Å². The molecule has 0 radical (unpaired) electrons. The SMILES string of the molecule is CC(C)=CCC/C(C)=C/C=[N+](\[O-])C(C)C. The summed E-state index contributed by atoms with van der Waals surface area (Å²) in [7, 11) is 0. The highest BCUT2D eigenvalue weighted by Crippen LogP contribution is 2.05. The number of nitrogens with zero attached hydrogens (tertiary/aromatic N) is 1. The lowest BCUT2D eigenvalue weighted by Gasteiger charge is -2.05. The van der Waals surface area contributed by atoms with Crippen molar-refractivity contribution in [2.75, 3.05) is 0 Å². The first-order valence-corrected chi connectivity index (χ1v) is 5.53. The van der Waals surface area contributed by atoms with Gasteiger partial charge in [-0.15, -0.1) is 0 Å². The molecule has 15 heavy (non-hydrogen) atoms. The van der Waals surface area contributed by atoms with Crippen molar-refractivity contribution in [3.8, 4) is 0 Å². The number of hydrogen-bond acceptors (Lipinski definition) is 1. The Hall–Kier alpha value is -1.05. The van der Waals surface area contributed by atoms with Gasteiger partial charge in [-0.1, -0.05) is 17.2 Å². The van der Waals surface area contributed by atoms with Crippen LogP contribution in [0.5, 0.6) is 0 Å². The minimum atomic E-state index is 0.0202. The highest BCUT2D eigenvalue weighted by molar-refractivity contribution is 5.67. The van der Waals surface area contributed by atoms with Crippen molar-refractivity contribution in [3.05, 3.63) is 28.5 Å². The zero-order valence-corrected chi connectivity index (χ0v) is 10.6. The summed E-state index contributed by atoms with van der Waals surface area (Å²) in [6.45, 7) is 10.0. The fourth-order valence-electron chi connectivity index (χ4n) is 1.04. The molecule has 0 spiro atoms. The Balaban J connectivity index is 4.10. The van der Waals surface area contributed by atoms with E-state index in [9.17, 15) is 5.21 Å². The maximum absolute atomic E-state index is 11.2. The van der Waals surface area contributed by atoms with Crippen molar-refractivity contribution in [3.63, 3.8) is 0 Å². The zero-order chi connectivity index (χ0) is 11.8. The Kier molecular flexibility index (Phi) is 6.76. The summed E-state index contributed by atoms with van der Waals surface area (Å²) >= 11 is 0. The van der Waals surface area contributed by atoms with Crippen molar-refractivity contribution in [2.45, 2.75) is 53.5 Å². The quantitative estimate of drug-likeness (QED) is 0.223. The lowest BCUT2D eigenvalue weighted by atomic mass is 10.1. The Morgan fingerprint density at radius 2 is 1.87 bits per heavy atom. The number of rotatable bonds is 5. The Morgan fingerprint density at radius 1 is 1.27 bits per heavy atom. The maximum Gasteiger partial charge on any atom is 0.174 e. The van der Waals surface area contributed by atoms with Crippen molar-refractivity contribution in [2.24, 2.45) is 0 Å². The van der Waals surface area contributed by atoms with Gasteiger partial charge in [-0.25, -0.2) is 4.74 Å². The van der Waals surface area contributed by atoms with Crippen LogP contribution in [0.2, 0.25) is 0 Å². The molecule has 0 aliphatic rings. The van der Waals surface area contributed by atoms with Gasteiger partial charge in [0.05, 0.1) is 0 Å². The number of hydrogen-bond donors (Lipinski definition) is 0. The second-order valence-corrected chi connectivity index (χ2v) is 4.44. The van der Waals surface area contributed by atoms with Gasteiger partial charge in [0.2, 0.25) is 0 Å². The summed E-state index contributed by atoms with van der Waals surface area (Å²) in [4.78, 5) is 0. The van der Waals surface area contributed by atoms with Crippen LogP contribution in [0.3, 0.4) is 0 Å². The fraction of sp³-hybridized carbons (Fsp3) is 0.615. The van der Waals surface area contributed by atoms with E-state index in [-0.39, 0.29) is 6.04 Å². The van der Waals surface area contributed by atoms with Gasteiger partial charge >= 0.3 is 0 Å². The normalized spacial score (nSPS) is 13.2. The average Bonchev–Trinajstić information content (AvgIpc) is 2.13. The van der Waals surface area contributed by atoms with Crippen LogP contribution in [-0.2, 0) is 0 Å². The molecule has 2 nitrogen and oxygen atoms in total. The lowest BCUT2D eigenvalue weighted by Crippen LogP contribution is -2.13. The van der Waals surface area contributed by atoms with Crippen LogP contribution in [0.25, 0.3) is 0 Å². The van der Waals surface area contributed by atoms with Gasteiger partial charge in [-0.3, -0.25) is 0 Å². The van der Waals surface area contributed by atoms with Crippen LogP contribution in [0.4, 0.5) is 0 Å². The predicted octanol–water partition coefficient (Wildman–Crippen LogP) is 3.67. The molecule has 0 aromatic rings. The van der Waals surface area contributed by atoms with E-state index in [0.29, 0.717) is 0 Å². The molecule has 0 unspecified atom stereocenters. The molecule has 0 atom stereocenters. The first-order chi connectivity index (χ1) is 6.93. The van der Waals surface area contributed by atoms with Crippen molar-refractivity contribution < 1.29 is 4.74 Å². The van der Waals surface area contributed by atoms with Gasteiger partial charge in [-0.05, 0) is 47.5 Å². The van der Waals surface area contributed by atoms with Crippen molar-refractivity contribution in [1.82, 2.24) is 0 Å². The molecule has 0 amide bonds. The molecular weight excluding hydrogens is 186 g/mol. The molecule has 0 N–H and O–H groups in total. The largest absolute Gasteiger partial charge is 0.624 e. The highest BCUT2D eigenvalue weighted by Gasteiger charge is 1.97. The summed E-state index contributed by atoms with van der Waals surface area (Å²) in [5, 5.41) is 11.2. The molecule has 86 valence electrons. The molecule has 0 heterocycles. The third-order valence-electron chi connectivity index (χ3n) is 2.11. The average molecular weight is 209 g/mol. The molecule has 2 heteroatoms. The summed E-state index contributed by atoms with van der Waals surface area (Å²) in [6.07, 6.45) is 7.82. The first-order valence-electron chi connectivity index (χ1n) is 5.53. The van der Waals surface area contributed by atoms with Crippen molar-refractivity contribution in [1.29, 1.82) is 0 Å². The minimum absolute atomic E-state index is 0.0202. The van der Waals surface area contributed by atoms with E-state index in [0.717, 1.165) is 17.6 Å². The molecule has 0 aliphatic carbocycles.